The van der Waals surface area contributed by atoms with E-state index in [4.69, 9.17) is 0 Å². The van der Waals surface area contributed by atoms with E-state index in [0.717, 1.165) is 29.8 Å². The maximum atomic E-state index is 9.43. The normalized spacial score (nSPS) is 31.2. The Balaban J connectivity index is 1.72. The van der Waals surface area contributed by atoms with Crippen molar-refractivity contribution in [3.63, 3.8) is 0 Å². The quantitative estimate of drug-likeness (QED) is 0.926. The molecular formula is C15H21N5O. The third kappa shape index (κ3) is 1.85. The fourth-order valence-corrected chi connectivity index (χ4v) is 4.34. The molecule has 2 aromatic heterocycles. The van der Waals surface area contributed by atoms with E-state index in [1.54, 1.807) is 6.33 Å². The van der Waals surface area contributed by atoms with Gasteiger partial charge in [0.1, 0.15) is 6.33 Å². The lowest BCUT2D eigenvalue weighted by Crippen LogP contribution is -2.22. The van der Waals surface area contributed by atoms with Crippen LogP contribution in [0.3, 0.4) is 0 Å². The predicted molar refractivity (Wildman–Crippen MR) is 80.1 cm³/mol. The van der Waals surface area contributed by atoms with Crippen LogP contribution in [0.25, 0.3) is 11.2 Å². The van der Waals surface area contributed by atoms with Gasteiger partial charge in [0.25, 0.3) is 0 Å². The fourth-order valence-electron chi connectivity index (χ4n) is 4.34. The van der Waals surface area contributed by atoms with Crippen LogP contribution in [0, 0.1) is 17.8 Å². The Bertz CT molecular complexity index is 667. The molecule has 2 saturated carbocycles. The first-order valence-electron chi connectivity index (χ1n) is 7.64. The minimum Gasteiger partial charge on any atom is -0.396 e. The summed E-state index contributed by atoms with van der Waals surface area (Å²) in [6.45, 7) is 0.339. The van der Waals surface area contributed by atoms with E-state index in [9.17, 15) is 5.11 Å². The number of aliphatic hydroxyl groups is 1. The summed E-state index contributed by atoms with van der Waals surface area (Å²) in [5, 5.41) is 9.43. The minimum atomic E-state index is 0.339. The molecule has 2 heterocycles. The van der Waals surface area contributed by atoms with Crippen molar-refractivity contribution in [1.82, 2.24) is 19.5 Å². The Kier molecular flexibility index (Phi) is 2.89. The molecule has 6 heteroatoms. The van der Waals surface area contributed by atoms with Crippen LogP contribution in [0.5, 0.6) is 0 Å². The SMILES string of the molecule is CN(C)c1ncnc2c1ncn2[C@H]1C[C@H]2C[C@@H]1C[C@@H]2CO. The number of anilines is 1. The molecule has 2 bridgehead atoms. The van der Waals surface area contributed by atoms with Crippen LogP contribution < -0.4 is 4.90 Å². The highest BCUT2D eigenvalue weighted by atomic mass is 16.3. The van der Waals surface area contributed by atoms with Gasteiger partial charge in [-0.25, -0.2) is 15.0 Å². The van der Waals surface area contributed by atoms with Gasteiger partial charge in [0.2, 0.25) is 0 Å². The summed E-state index contributed by atoms with van der Waals surface area (Å²) in [4.78, 5) is 15.3. The molecular weight excluding hydrogens is 266 g/mol. The molecule has 21 heavy (non-hydrogen) atoms. The largest absolute Gasteiger partial charge is 0.396 e. The lowest BCUT2D eigenvalue weighted by atomic mass is 9.86. The number of rotatable bonds is 3. The first-order chi connectivity index (χ1) is 10.2. The number of hydrogen-bond acceptors (Lipinski definition) is 5. The van der Waals surface area contributed by atoms with Gasteiger partial charge < -0.3 is 14.6 Å². The van der Waals surface area contributed by atoms with Crippen molar-refractivity contribution in [2.24, 2.45) is 17.8 Å². The third-order valence-corrected chi connectivity index (χ3v) is 5.32. The van der Waals surface area contributed by atoms with Crippen LogP contribution in [0.2, 0.25) is 0 Å². The monoisotopic (exact) mass is 287 g/mol. The van der Waals surface area contributed by atoms with Gasteiger partial charge in [-0.15, -0.1) is 0 Å². The van der Waals surface area contributed by atoms with E-state index in [1.807, 2.05) is 25.3 Å². The highest BCUT2D eigenvalue weighted by Crippen LogP contribution is 2.54. The topological polar surface area (TPSA) is 67.1 Å². The number of hydrogen-bond donors (Lipinski definition) is 1. The van der Waals surface area contributed by atoms with Crippen molar-refractivity contribution >= 4 is 17.0 Å². The molecule has 4 atom stereocenters. The third-order valence-electron chi connectivity index (χ3n) is 5.32. The molecule has 0 radical (unpaired) electrons. The maximum absolute atomic E-state index is 9.43. The van der Waals surface area contributed by atoms with Gasteiger partial charge in [-0.05, 0) is 37.0 Å². The Morgan fingerprint density at radius 1 is 1.19 bits per heavy atom. The Hall–Kier alpha value is -1.69. The van der Waals surface area contributed by atoms with Gasteiger partial charge in [0, 0.05) is 26.7 Å². The van der Waals surface area contributed by atoms with Gasteiger partial charge in [0.15, 0.2) is 17.0 Å². The summed E-state index contributed by atoms with van der Waals surface area (Å²) in [7, 11) is 3.95. The van der Waals surface area contributed by atoms with Crippen molar-refractivity contribution < 1.29 is 5.11 Å². The van der Waals surface area contributed by atoms with Crippen LogP contribution in [-0.4, -0.2) is 45.3 Å². The molecule has 0 unspecified atom stereocenters. The van der Waals surface area contributed by atoms with Crippen molar-refractivity contribution in [2.45, 2.75) is 25.3 Å². The lowest BCUT2D eigenvalue weighted by molar-refractivity contribution is 0.158. The van der Waals surface area contributed by atoms with E-state index >= 15 is 0 Å². The maximum Gasteiger partial charge on any atom is 0.165 e. The van der Waals surface area contributed by atoms with Gasteiger partial charge in [-0.3, -0.25) is 0 Å². The first kappa shape index (κ1) is 13.0. The number of nitrogens with zero attached hydrogens (tertiary/aromatic N) is 5. The summed E-state index contributed by atoms with van der Waals surface area (Å²) in [5.74, 6) is 2.70. The Morgan fingerprint density at radius 3 is 2.71 bits per heavy atom. The smallest absolute Gasteiger partial charge is 0.165 e. The molecule has 0 aliphatic heterocycles. The van der Waals surface area contributed by atoms with E-state index in [2.05, 4.69) is 19.5 Å². The average molecular weight is 287 g/mol. The number of aliphatic hydroxyl groups excluding tert-OH is 1. The zero-order valence-electron chi connectivity index (χ0n) is 12.5. The Labute approximate surface area is 123 Å². The summed E-state index contributed by atoms with van der Waals surface area (Å²) in [6, 6.07) is 0.479. The molecule has 2 aliphatic carbocycles. The van der Waals surface area contributed by atoms with Crippen LogP contribution >= 0.6 is 0 Å². The van der Waals surface area contributed by atoms with Crippen LogP contribution in [-0.2, 0) is 0 Å². The summed E-state index contributed by atoms with van der Waals surface area (Å²) in [6.07, 6.45) is 7.06. The summed E-state index contributed by atoms with van der Waals surface area (Å²) in [5.41, 5.74) is 1.82. The van der Waals surface area contributed by atoms with E-state index < -0.39 is 0 Å². The zero-order chi connectivity index (χ0) is 14.6. The minimum absolute atomic E-state index is 0.339. The Morgan fingerprint density at radius 2 is 2.05 bits per heavy atom. The molecule has 6 nitrogen and oxygen atoms in total. The molecule has 0 aromatic carbocycles. The van der Waals surface area contributed by atoms with Crippen molar-refractivity contribution in [1.29, 1.82) is 0 Å². The standard InChI is InChI=1S/C15H21N5O/c1-19(2)14-13-15(17-7-16-14)20(8-18-13)12-5-9-3-10(12)4-11(9)6-21/h7-12,21H,3-6H2,1-2H3/t9-,10-,11-,12+/m1/s1. The van der Waals surface area contributed by atoms with E-state index in [-0.39, 0.29) is 0 Å². The molecule has 0 spiro atoms. The summed E-state index contributed by atoms with van der Waals surface area (Å²) < 4.78 is 2.24. The van der Waals surface area contributed by atoms with Gasteiger partial charge >= 0.3 is 0 Å². The number of fused-ring (bicyclic) bond motifs is 3. The molecule has 112 valence electrons. The first-order valence-corrected chi connectivity index (χ1v) is 7.64. The number of imidazole rings is 1. The predicted octanol–water partition coefficient (Wildman–Crippen LogP) is 1.47. The highest BCUT2D eigenvalue weighted by Gasteiger charge is 2.46. The van der Waals surface area contributed by atoms with Gasteiger partial charge in [-0.2, -0.15) is 0 Å². The molecule has 4 rings (SSSR count). The van der Waals surface area contributed by atoms with Crippen molar-refractivity contribution in [3.05, 3.63) is 12.7 Å². The molecule has 1 N–H and O–H groups in total. The zero-order valence-corrected chi connectivity index (χ0v) is 12.5. The van der Waals surface area contributed by atoms with E-state index in [0.29, 0.717) is 30.4 Å². The second-order valence-corrected chi connectivity index (χ2v) is 6.65. The molecule has 2 aromatic rings. The van der Waals surface area contributed by atoms with Crippen LogP contribution in [0.4, 0.5) is 5.82 Å². The van der Waals surface area contributed by atoms with Gasteiger partial charge in [-0.1, -0.05) is 0 Å². The second kappa shape index (κ2) is 4.66. The lowest BCUT2D eigenvalue weighted by Gasteiger charge is -2.27. The van der Waals surface area contributed by atoms with Gasteiger partial charge in [0.05, 0.1) is 6.33 Å². The fraction of sp³-hybridized carbons (Fsp3) is 0.667. The van der Waals surface area contributed by atoms with Crippen LogP contribution in [0.1, 0.15) is 25.3 Å². The summed E-state index contributed by atoms with van der Waals surface area (Å²) >= 11 is 0. The number of aromatic nitrogens is 4. The van der Waals surface area contributed by atoms with Crippen LogP contribution in [0.15, 0.2) is 12.7 Å². The highest BCUT2D eigenvalue weighted by molar-refractivity contribution is 5.83. The molecule has 0 amide bonds. The molecule has 0 saturated heterocycles. The average Bonchev–Trinajstić information content (AvgIpc) is 3.18. The van der Waals surface area contributed by atoms with Crippen molar-refractivity contribution in [3.8, 4) is 0 Å². The van der Waals surface area contributed by atoms with Crippen molar-refractivity contribution in [2.75, 3.05) is 25.6 Å². The second-order valence-electron chi connectivity index (χ2n) is 6.65. The van der Waals surface area contributed by atoms with E-state index in [1.165, 1.54) is 6.42 Å². The molecule has 2 fully saturated rings. The molecule has 2 aliphatic rings.